The van der Waals surface area contributed by atoms with Crippen LogP contribution in [0.5, 0.6) is 23.0 Å². The van der Waals surface area contributed by atoms with Crippen LogP contribution in [-0.4, -0.2) is 19.8 Å². The maximum atomic E-state index is 11.4. The summed E-state index contributed by atoms with van der Waals surface area (Å²) in [4.78, 5) is 42.2. The molecule has 7 aromatic rings. The number of nitro benzene ring substituents is 2. The van der Waals surface area contributed by atoms with Crippen molar-refractivity contribution in [1.82, 2.24) is 19.9 Å². The Hall–Kier alpha value is -7.63. The third-order valence-electron chi connectivity index (χ3n) is 9.17. The van der Waals surface area contributed by atoms with E-state index in [-0.39, 0.29) is 27.9 Å². The first-order valence-electron chi connectivity index (χ1n) is 17.4. The van der Waals surface area contributed by atoms with Crippen molar-refractivity contribution in [3.05, 3.63) is 176 Å². The topological polar surface area (TPSA) is 159 Å². The van der Waals surface area contributed by atoms with Crippen LogP contribution >= 0.6 is 0 Å². The van der Waals surface area contributed by atoms with Crippen LogP contribution in [0, 0.1) is 20.2 Å². The average Bonchev–Trinajstić information content (AvgIpc) is 4.07. The molecule has 4 aromatic carbocycles. The summed E-state index contributed by atoms with van der Waals surface area (Å²) in [5.41, 5.74) is 7.48. The molecule has 0 N–H and O–H groups in total. The van der Waals surface area contributed by atoms with E-state index in [0.717, 1.165) is 22.3 Å². The third kappa shape index (κ3) is 7.18. The van der Waals surface area contributed by atoms with Crippen LogP contribution in [0.1, 0.15) is 22.8 Å². The van der Waals surface area contributed by atoms with Crippen LogP contribution in [0.2, 0.25) is 0 Å². The summed E-state index contributed by atoms with van der Waals surface area (Å²) in [6.07, 6.45) is 7.46. The largest absolute Gasteiger partial charge is 2.00 e. The molecule has 2 aliphatic rings. The Bertz CT molecular complexity index is 2750. The first-order valence-corrected chi connectivity index (χ1v) is 17.4. The summed E-state index contributed by atoms with van der Waals surface area (Å²) in [6, 6.07) is 38.7. The van der Waals surface area contributed by atoms with Gasteiger partial charge in [-0.3, -0.25) is 20.2 Å². The Morgan fingerprint density at radius 2 is 0.807 bits per heavy atom. The monoisotopic (exact) mass is 792 g/mol. The van der Waals surface area contributed by atoms with Crippen LogP contribution in [0.4, 0.5) is 11.4 Å². The molecule has 0 spiro atoms. The van der Waals surface area contributed by atoms with Gasteiger partial charge >= 0.3 is 16.5 Å². The van der Waals surface area contributed by atoms with Gasteiger partial charge < -0.3 is 19.4 Å². The molecule has 0 fully saturated rings. The number of benzene rings is 4. The molecule has 12 nitrogen and oxygen atoms in total. The third-order valence-corrected chi connectivity index (χ3v) is 9.17. The summed E-state index contributed by atoms with van der Waals surface area (Å²) in [5, 5.41) is 22.8. The van der Waals surface area contributed by atoms with Crippen molar-refractivity contribution in [2.45, 2.75) is 0 Å². The van der Waals surface area contributed by atoms with E-state index in [0.29, 0.717) is 67.8 Å². The molecule has 0 radical (unpaired) electrons. The second kappa shape index (κ2) is 15.2. The fourth-order valence-electron chi connectivity index (χ4n) is 6.55. The van der Waals surface area contributed by atoms with Crippen molar-refractivity contribution in [3.63, 3.8) is 0 Å². The number of hydrogen-bond acceptors (Lipinski definition) is 8. The first kappa shape index (κ1) is 36.4. The van der Waals surface area contributed by atoms with Crippen molar-refractivity contribution >= 4 is 57.7 Å². The Kier molecular flexibility index (Phi) is 9.73. The summed E-state index contributed by atoms with van der Waals surface area (Å²) < 4.78 is 13.0. The zero-order chi connectivity index (χ0) is 38.2. The first-order chi connectivity index (χ1) is 27.4. The van der Waals surface area contributed by atoms with Crippen molar-refractivity contribution in [1.29, 1.82) is 0 Å². The van der Waals surface area contributed by atoms with E-state index in [1.54, 1.807) is 24.3 Å². The smallest absolute Gasteiger partial charge is 0.654 e. The van der Waals surface area contributed by atoms with E-state index >= 15 is 0 Å². The molecule has 2 aliphatic heterocycles. The minimum absolute atomic E-state index is 0. The Morgan fingerprint density at radius 1 is 0.439 bits per heavy atom. The fraction of sp³-hybridized carbons (Fsp3) is 0. The number of ether oxygens (including phenoxy) is 2. The molecule has 8 bridgehead atoms. The average molecular weight is 793 g/mol. The van der Waals surface area contributed by atoms with E-state index < -0.39 is 9.85 Å². The van der Waals surface area contributed by atoms with Gasteiger partial charge in [-0.15, -0.1) is 11.0 Å². The molecular weight excluding hydrogens is 767 g/mol. The Balaban J connectivity index is 0.00000455. The number of nitrogens with zero attached hydrogens (tertiary/aromatic N) is 6. The number of rotatable bonds is 8. The van der Waals surface area contributed by atoms with E-state index in [2.05, 4.69) is 0 Å². The van der Waals surface area contributed by atoms with Crippen LogP contribution < -0.4 is 19.4 Å². The van der Waals surface area contributed by atoms with Gasteiger partial charge in [0, 0.05) is 29.8 Å². The zero-order valence-electron chi connectivity index (χ0n) is 29.5. The second-order valence-electron chi connectivity index (χ2n) is 12.7. The van der Waals surface area contributed by atoms with Crippen molar-refractivity contribution in [3.8, 4) is 45.3 Å². The quantitative estimate of drug-likeness (QED) is 0.0823. The molecule has 0 aliphatic carbocycles. The van der Waals surface area contributed by atoms with Crippen LogP contribution in [-0.2, 0) is 16.5 Å². The molecule has 278 valence electrons. The van der Waals surface area contributed by atoms with Gasteiger partial charge in [0.2, 0.25) is 0 Å². The van der Waals surface area contributed by atoms with Gasteiger partial charge in [0.05, 0.1) is 21.2 Å². The zero-order valence-corrected chi connectivity index (χ0v) is 30.4. The normalized spacial score (nSPS) is 11.5. The van der Waals surface area contributed by atoms with Crippen molar-refractivity contribution < 1.29 is 35.8 Å². The molecule has 0 saturated carbocycles. The molecule has 0 atom stereocenters. The molecule has 0 unspecified atom stereocenters. The van der Waals surface area contributed by atoms with Crippen molar-refractivity contribution in [2.24, 2.45) is 0 Å². The number of aromatic nitrogens is 4. The van der Waals surface area contributed by atoms with Gasteiger partial charge in [-0.05, 0) is 65.3 Å². The number of nitro groups is 2. The van der Waals surface area contributed by atoms with Gasteiger partial charge in [-0.25, -0.2) is 9.97 Å². The standard InChI is InChI=1S/C44H26N6O6.Ni/c51-49(52)29-11-15-31(16-12-29)55-43-37-23-19-33(45-37)41(27-7-3-1-4-8-27)34-20-24-38(46-34)44(56-32-17-13-30(14-18-32)50(53)54)40-26-22-36(48-40)42(28-9-5-2-6-10-28)35-21-25-39(43)47-35;/h1-26H;/q-2;+2. The molecule has 5 heterocycles. The number of hydrogen-bond donors (Lipinski definition) is 0. The predicted molar refractivity (Wildman–Crippen MR) is 214 cm³/mol. The SMILES string of the molecule is O=[N+]([O-])c1ccc(Oc2c3nc(c(-c4ccccc4)c4nc(c(Oc5ccc([N+](=O)[O-])cc5)c5ccc([n-]5)c(-c5ccccc5)c5ccc2[n-]5)C=C4)C=C3)cc1.[Ni+2]. The van der Waals surface area contributed by atoms with Crippen LogP contribution in [0.15, 0.2) is 133 Å². The van der Waals surface area contributed by atoms with Gasteiger partial charge in [0.15, 0.2) is 0 Å². The molecule has 13 heteroatoms. The van der Waals surface area contributed by atoms with Gasteiger partial charge in [-0.1, -0.05) is 96.0 Å². The molecular formula is C44H26N6NiO6. The van der Waals surface area contributed by atoms with Crippen LogP contribution in [0.25, 0.3) is 68.6 Å². The second-order valence-corrected chi connectivity index (χ2v) is 12.7. The molecule has 57 heavy (non-hydrogen) atoms. The number of non-ortho nitro benzene ring substituents is 2. The van der Waals surface area contributed by atoms with E-state index in [4.69, 9.17) is 29.4 Å². The fourth-order valence-corrected chi connectivity index (χ4v) is 6.55. The number of fused-ring (bicyclic) bond motifs is 8. The van der Waals surface area contributed by atoms with E-state index in [1.807, 2.05) is 109 Å². The summed E-state index contributed by atoms with van der Waals surface area (Å²) in [7, 11) is 0. The molecule has 0 saturated heterocycles. The van der Waals surface area contributed by atoms with Crippen molar-refractivity contribution in [2.75, 3.05) is 0 Å². The Labute approximate surface area is 334 Å². The maximum Gasteiger partial charge on any atom is 2.00 e. The summed E-state index contributed by atoms with van der Waals surface area (Å²) >= 11 is 0. The minimum Gasteiger partial charge on any atom is -0.654 e. The summed E-state index contributed by atoms with van der Waals surface area (Å²) in [6.45, 7) is 0. The predicted octanol–water partition coefficient (Wildman–Crippen LogP) is 10.6. The maximum absolute atomic E-state index is 11.4. The molecule has 0 amide bonds. The minimum atomic E-state index is -0.463. The van der Waals surface area contributed by atoms with Gasteiger partial charge in [0.25, 0.3) is 11.4 Å². The van der Waals surface area contributed by atoms with Gasteiger partial charge in [-0.2, -0.15) is 0 Å². The van der Waals surface area contributed by atoms with E-state index in [1.165, 1.54) is 24.3 Å². The summed E-state index contributed by atoms with van der Waals surface area (Å²) in [5.74, 6) is 1.44. The van der Waals surface area contributed by atoms with E-state index in [9.17, 15) is 20.2 Å². The molecule has 9 rings (SSSR count). The van der Waals surface area contributed by atoms with Crippen LogP contribution in [0.3, 0.4) is 0 Å². The molecule has 3 aromatic heterocycles. The van der Waals surface area contributed by atoms with Gasteiger partial charge in [0.1, 0.15) is 34.4 Å². The Morgan fingerprint density at radius 3 is 1.21 bits per heavy atom.